The molecule has 4 N–H and O–H groups in total. The van der Waals surface area contributed by atoms with E-state index in [1.54, 1.807) is 6.07 Å². The molecule has 0 bridgehead atoms. The van der Waals surface area contributed by atoms with Crippen LogP contribution in [0.5, 0.6) is 11.5 Å². The SMILES string of the molecule is CC(C)(C)c1cc(NC(=O)c2ccc(O)c(O)c2)n[nH]1. The number of rotatable bonds is 2. The number of nitrogens with zero attached hydrogens (tertiary/aromatic N) is 1. The molecule has 0 saturated carbocycles. The van der Waals surface area contributed by atoms with Crippen molar-refractivity contribution in [3.8, 4) is 11.5 Å². The molecule has 1 heterocycles. The zero-order valence-corrected chi connectivity index (χ0v) is 11.6. The van der Waals surface area contributed by atoms with E-state index in [1.807, 2.05) is 20.8 Å². The molecule has 0 fully saturated rings. The normalized spacial score (nSPS) is 11.3. The second-order valence-electron chi connectivity index (χ2n) is 5.57. The van der Waals surface area contributed by atoms with Crippen LogP contribution in [-0.4, -0.2) is 26.3 Å². The van der Waals surface area contributed by atoms with Gasteiger partial charge in [0.2, 0.25) is 0 Å². The van der Waals surface area contributed by atoms with Gasteiger partial charge in [0.05, 0.1) is 0 Å². The Balaban J connectivity index is 2.15. The fourth-order valence-corrected chi connectivity index (χ4v) is 1.62. The molecule has 2 aromatic rings. The first-order valence-corrected chi connectivity index (χ1v) is 6.16. The van der Waals surface area contributed by atoms with Gasteiger partial charge in [0.25, 0.3) is 5.91 Å². The van der Waals surface area contributed by atoms with Crippen molar-refractivity contribution in [1.82, 2.24) is 10.2 Å². The van der Waals surface area contributed by atoms with Crippen LogP contribution in [0.25, 0.3) is 0 Å². The topological polar surface area (TPSA) is 98.2 Å². The number of H-pyrrole nitrogens is 1. The number of aromatic amines is 1. The molecule has 0 unspecified atom stereocenters. The summed E-state index contributed by atoms with van der Waals surface area (Å²) in [4.78, 5) is 12.0. The molecule has 1 aromatic carbocycles. The zero-order chi connectivity index (χ0) is 14.9. The summed E-state index contributed by atoms with van der Waals surface area (Å²) in [6, 6.07) is 5.64. The summed E-state index contributed by atoms with van der Waals surface area (Å²) in [5.74, 6) is -0.605. The molecule has 6 nitrogen and oxygen atoms in total. The van der Waals surface area contributed by atoms with Crippen molar-refractivity contribution in [2.24, 2.45) is 0 Å². The van der Waals surface area contributed by atoms with Crippen LogP contribution in [0, 0.1) is 0 Å². The molecular formula is C14H17N3O3. The molecule has 0 aliphatic rings. The number of amides is 1. The number of anilines is 1. The molecule has 1 amide bonds. The third-order valence-electron chi connectivity index (χ3n) is 2.87. The van der Waals surface area contributed by atoms with Crippen molar-refractivity contribution in [2.75, 3.05) is 5.32 Å². The molecule has 6 heteroatoms. The van der Waals surface area contributed by atoms with Gasteiger partial charge < -0.3 is 15.5 Å². The van der Waals surface area contributed by atoms with Gasteiger partial charge in [-0.15, -0.1) is 0 Å². The number of carbonyl (C=O) groups excluding carboxylic acids is 1. The van der Waals surface area contributed by atoms with Gasteiger partial charge in [0.1, 0.15) is 0 Å². The van der Waals surface area contributed by atoms with Gasteiger partial charge in [-0.1, -0.05) is 20.8 Å². The van der Waals surface area contributed by atoms with Crippen LogP contribution in [0.15, 0.2) is 24.3 Å². The average Bonchev–Trinajstić information content (AvgIpc) is 2.81. The number of phenols is 2. The fourth-order valence-electron chi connectivity index (χ4n) is 1.62. The fraction of sp³-hybridized carbons (Fsp3) is 0.286. The van der Waals surface area contributed by atoms with Crippen LogP contribution in [-0.2, 0) is 5.41 Å². The lowest BCUT2D eigenvalue weighted by Crippen LogP contribution is -2.12. The Bertz CT molecular complexity index is 641. The summed E-state index contributed by atoms with van der Waals surface area (Å²) < 4.78 is 0. The lowest BCUT2D eigenvalue weighted by atomic mass is 9.92. The minimum atomic E-state index is -0.410. The third kappa shape index (κ3) is 2.90. The van der Waals surface area contributed by atoms with Crippen molar-refractivity contribution >= 4 is 11.7 Å². The van der Waals surface area contributed by atoms with Crippen molar-refractivity contribution in [1.29, 1.82) is 0 Å². The molecular weight excluding hydrogens is 258 g/mol. The lowest BCUT2D eigenvalue weighted by molar-refractivity contribution is 0.102. The van der Waals surface area contributed by atoms with E-state index in [2.05, 4.69) is 15.5 Å². The Morgan fingerprint density at radius 3 is 2.45 bits per heavy atom. The highest BCUT2D eigenvalue weighted by Gasteiger charge is 2.18. The number of carbonyl (C=O) groups is 1. The number of nitrogens with one attached hydrogen (secondary N) is 2. The van der Waals surface area contributed by atoms with Crippen LogP contribution < -0.4 is 5.32 Å². The third-order valence-corrected chi connectivity index (χ3v) is 2.87. The second-order valence-corrected chi connectivity index (χ2v) is 5.57. The van der Waals surface area contributed by atoms with Gasteiger partial charge in [-0.3, -0.25) is 9.89 Å². The van der Waals surface area contributed by atoms with Crippen molar-refractivity contribution < 1.29 is 15.0 Å². The van der Waals surface area contributed by atoms with E-state index in [0.717, 1.165) is 5.69 Å². The number of benzene rings is 1. The number of phenolic OH excluding ortho intramolecular Hbond substituents is 2. The summed E-state index contributed by atoms with van der Waals surface area (Å²) in [7, 11) is 0. The van der Waals surface area contributed by atoms with Gasteiger partial charge in [0.15, 0.2) is 17.3 Å². The molecule has 1 aromatic heterocycles. The molecule has 0 saturated heterocycles. The molecule has 0 atom stereocenters. The molecule has 2 rings (SSSR count). The standard InChI is InChI=1S/C14H17N3O3/c1-14(2,3)11-7-12(17-16-11)15-13(20)8-4-5-9(18)10(19)6-8/h4-7,18-19H,1-3H3,(H2,15,16,17,20). The molecule has 0 radical (unpaired) electrons. The van der Waals surface area contributed by atoms with Gasteiger partial charge in [-0.05, 0) is 18.2 Å². The summed E-state index contributed by atoms with van der Waals surface area (Å²) in [6.45, 7) is 6.10. The predicted molar refractivity (Wildman–Crippen MR) is 75.0 cm³/mol. The van der Waals surface area contributed by atoms with Gasteiger partial charge in [0, 0.05) is 22.7 Å². The minimum Gasteiger partial charge on any atom is -0.504 e. The van der Waals surface area contributed by atoms with Crippen molar-refractivity contribution in [2.45, 2.75) is 26.2 Å². The van der Waals surface area contributed by atoms with Crippen LogP contribution in [0.1, 0.15) is 36.8 Å². The molecule has 0 spiro atoms. The second kappa shape index (κ2) is 4.88. The molecule has 0 aliphatic heterocycles. The van der Waals surface area contributed by atoms with Crippen molar-refractivity contribution in [3.63, 3.8) is 0 Å². The van der Waals surface area contributed by atoms with Crippen molar-refractivity contribution in [3.05, 3.63) is 35.5 Å². The maximum Gasteiger partial charge on any atom is 0.257 e. The van der Waals surface area contributed by atoms with Gasteiger partial charge >= 0.3 is 0 Å². The van der Waals surface area contributed by atoms with E-state index in [4.69, 9.17) is 0 Å². The first kappa shape index (κ1) is 13.9. The number of aromatic nitrogens is 2. The van der Waals surface area contributed by atoms with E-state index in [9.17, 15) is 15.0 Å². The first-order chi connectivity index (χ1) is 9.27. The number of hydrogen-bond donors (Lipinski definition) is 4. The van der Waals surface area contributed by atoms with Gasteiger partial charge in [-0.25, -0.2) is 0 Å². The summed E-state index contributed by atoms with van der Waals surface area (Å²) >= 11 is 0. The maximum absolute atomic E-state index is 12.0. The minimum absolute atomic E-state index is 0.0905. The van der Waals surface area contributed by atoms with E-state index in [0.29, 0.717) is 5.82 Å². The monoisotopic (exact) mass is 275 g/mol. The number of hydrogen-bond acceptors (Lipinski definition) is 4. The smallest absolute Gasteiger partial charge is 0.257 e. The Hall–Kier alpha value is -2.50. The molecule has 0 aliphatic carbocycles. The van der Waals surface area contributed by atoms with Crippen LogP contribution in [0.2, 0.25) is 0 Å². The molecule has 106 valence electrons. The largest absolute Gasteiger partial charge is 0.504 e. The van der Waals surface area contributed by atoms with E-state index >= 15 is 0 Å². The first-order valence-electron chi connectivity index (χ1n) is 6.16. The Labute approximate surface area is 116 Å². The summed E-state index contributed by atoms with van der Waals surface area (Å²) in [5, 5.41) is 28.1. The van der Waals surface area contributed by atoms with Gasteiger partial charge in [-0.2, -0.15) is 5.10 Å². The van der Waals surface area contributed by atoms with E-state index < -0.39 is 5.91 Å². The molecule has 20 heavy (non-hydrogen) atoms. The summed E-state index contributed by atoms with van der Waals surface area (Å²) in [6.07, 6.45) is 0. The van der Waals surface area contributed by atoms with Crippen LogP contribution in [0.4, 0.5) is 5.82 Å². The van der Waals surface area contributed by atoms with Crippen LogP contribution >= 0.6 is 0 Å². The average molecular weight is 275 g/mol. The Morgan fingerprint density at radius 1 is 1.20 bits per heavy atom. The van der Waals surface area contributed by atoms with E-state index in [1.165, 1.54) is 18.2 Å². The zero-order valence-electron chi connectivity index (χ0n) is 11.6. The highest BCUT2D eigenvalue weighted by molar-refractivity contribution is 6.04. The maximum atomic E-state index is 12.0. The number of aromatic hydroxyl groups is 2. The van der Waals surface area contributed by atoms with Crippen LogP contribution in [0.3, 0.4) is 0 Å². The lowest BCUT2D eigenvalue weighted by Gasteiger charge is -2.14. The predicted octanol–water partition coefficient (Wildman–Crippen LogP) is 2.37. The quantitative estimate of drug-likeness (QED) is 0.632. The summed E-state index contributed by atoms with van der Waals surface area (Å²) in [5.41, 5.74) is 1.05. The Morgan fingerprint density at radius 2 is 1.90 bits per heavy atom. The van der Waals surface area contributed by atoms with E-state index in [-0.39, 0.29) is 22.5 Å². The highest BCUT2D eigenvalue weighted by atomic mass is 16.3. The Kier molecular flexibility index (Phi) is 3.40. The highest BCUT2D eigenvalue weighted by Crippen LogP contribution is 2.26.